The number of methoxy groups -OCH3 is 2. The Hall–Kier alpha value is -1.59. The van der Waals surface area contributed by atoms with Gasteiger partial charge in [0.25, 0.3) is 0 Å². The van der Waals surface area contributed by atoms with Crippen LogP contribution >= 0.6 is 11.3 Å². The Morgan fingerprint density at radius 3 is 2.71 bits per heavy atom. The molecule has 1 N–H and O–H groups in total. The molecule has 1 unspecified atom stereocenters. The monoisotopic (exact) mass is 306 g/mol. The molecule has 4 nitrogen and oxygen atoms in total. The van der Waals surface area contributed by atoms with Crippen LogP contribution in [0.5, 0.6) is 11.5 Å². The Morgan fingerprint density at radius 1 is 1.29 bits per heavy atom. The number of ether oxygens (including phenoxy) is 2. The summed E-state index contributed by atoms with van der Waals surface area (Å²) in [6.45, 7) is 4.99. The summed E-state index contributed by atoms with van der Waals surface area (Å²) >= 11 is 1.76. The molecule has 21 heavy (non-hydrogen) atoms. The van der Waals surface area contributed by atoms with Gasteiger partial charge in [0, 0.05) is 23.2 Å². The highest BCUT2D eigenvalue weighted by atomic mass is 32.1. The SMILES string of the molecule is CCc1cnc(C(C)NCc2cc(OC)ccc2OC)s1. The smallest absolute Gasteiger partial charge is 0.123 e. The highest BCUT2D eigenvalue weighted by Crippen LogP contribution is 2.25. The van der Waals surface area contributed by atoms with Crippen LogP contribution in [0.4, 0.5) is 0 Å². The van der Waals surface area contributed by atoms with Gasteiger partial charge in [-0.1, -0.05) is 6.92 Å². The van der Waals surface area contributed by atoms with Gasteiger partial charge in [-0.3, -0.25) is 0 Å². The van der Waals surface area contributed by atoms with E-state index in [-0.39, 0.29) is 6.04 Å². The molecule has 0 saturated carbocycles. The predicted octanol–water partition coefficient (Wildman–Crippen LogP) is 3.57. The average molecular weight is 306 g/mol. The zero-order valence-electron chi connectivity index (χ0n) is 13.0. The predicted molar refractivity (Wildman–Crippen MR) is 86.3 cm³/mol. The van der Waals surface area contributed by atoms with Crippen LogP contribution in [-0.2, 0) is 13.0 Å². The van der Waals surface area contributed by atoms with E-state index in [0.717, 1.165) is 28.5 Å². The molecule has 114 valence electrons. The second kappa shape index (κ2) is 7.43. The molecule has 1 heterocycles. The van der Waals surface area contributed by atoms with Crippen molar-refractivity contribution >= 4 is 11.3 Å². The Balaban J connectivity index is 2.04. The lowest BCUT2D eigenvalue weighted by molar-refractivity contribution is 0.395. The zero-order chi connectivity index (χ0) is 15.2. The fourth-order valence-corrected chi connectivity index (χ4v) is 2.94. The summed E-state index contributed by atoms with van der Waals surface area (Å²) < 4.78 is 10.7. The van der Waals surface area contributed by atoms with Gasteiger partial charge in [0.1, 0.15) is 16.5 Å². The minimum atomic E-state index is 0.214. The number of hydrogen-bond acceptors (Lipinski definition) is 5. The molecule has 0 aliphatic heterocycles. The molecule has 0 amide bonds. The van der Waals surface area contributed by atoms with Crippen LogP contribution in [0.3, 0.4) is 0 Å². The topological polar surface area (TPSA) is 43.4 Å². The Labute approximate surface area is 130 Å². The first-order chi connectivity index (χ1) is 10.2. The van der Waals surface area contributed by atoms with Crippen molar-refractivity contribution in [2.24, 2.45) is 0 Å². The van der Waals surface area contributed by atoms with Crippen LogP contribution in [0.1, 0.15) is 35.3 Å². The summed E-state index contributed by atoms with van der Waals surface area (Å²) in [7, 11) is 3.35. The molecular weight excluding hydrogens is 284 g/mol. The molecule has 1 aromatic heterocycles. The van der Waals surface area contributed by atoms with Gasteiger partial charge in [-0.25, -0.2) is 4.98 Å². The van der Waals surface area contributed by atoms with Gasteiger partial charge in [-0.05, 0) is 31.5 Å². The molecule has 0 saturated heterocycles. The Kier molecular flexibility index (Phi) is 5.59. The molecule has 2 rings (SSSR count). The molecule has 1 atom stereocenters. The van der Waals surface area contributed by atoms with Gasteiger partial charge in [0.05, 0.1) is 20.3 Å². The minimum absolute atomic E-state index is 0.214. The van der Waals surface area contributed by atoms with E-state index in [1.54, 1.807) is 25.6 Å². The normalized spacial score (nSPS) is 12.2. The number of rotatable bonds is 7. The number of hydrogen-bond donors (Lipinski definition) is 1. The summed E-state index contributed by atoms with van der Waals surface area (Å²) in [5, 5.41) is 4.61. The van der Waals surface area contributed by atoms with E-state index < -0.39 is 0 Å². The summed E-state index contributed by atoms with van der Waals surface area (Å²) in [6.07, 6.45) is 3.00. The highest BCUT2D eigenvalue weighted by Gasteiger charge is 2.11. The van der Waals surface area contributed by atoms with Crippen molar-refractivity contribution in [1.29, 1.82) is 0 Å². The summed E-state index contributed by atoms with van der Waals surface area (Å²) in [6, 6.07) is 6.04. The maximum absolute atomic E-state index is 5.40. The molecule has 0 fully saturated rings. The van der Waals surface area contributed by atoms with Crippen molar-refractivity contribution in [2.45, 2.75) is 32.9 Å². The number of nitrogens with zero attached hydrogens (tertiary/aromatic N) is 1. The maximum atomic E-state index is 5.40. The van der Waals surface area contributed by atoms with E-state index in [9.17, 15) is 0 Å². The number of benzene rings is 1. The highest BCUT2D eigenvalue weighted by molar-refractivity contribution is 7.11. The first-order valence-corrected chi connectivity index (χ1v) is 7.88. The number of thiazole rings is 1. The lowest BCUT2D eigenvalue weighted by atomic mass is 10.1. The van der Waals surface area contributed by atoms with Crippen molar-refractivity contribution in [2.75, 3.05) is 14.2 Å². The Morgan fingerprint density at radius 2 is 2.10 bits per heavy atom. The van der Waals surface area contributed by atoms with Crippen LogP contribution in [0.25, 0.3) is 0 Å². The van der Waals surface area contributed by atoms with E-state index in [1.807, 2.05) is 24.4 Å². The molecule has 0 bridgehead atoms. The molecule has 5 heteroatoms. The van der Waals surface area contributed by atoms with E-state index in [0.29, 0.717) is 6.54 Å². The summed E-state index contributed by atoms with van der Waals surface area (Å²) in [4.78, 5) is 5.79. The van der Waals surface area contributed by atoms with Crippen LogP contribution in [0, 0.1) is 0 Å². The van der Waals surface area contributed by atoms with Crippen molar-refractivity contribution in [3.05, 3.63) is 39.8 Å². The van der Waals surface area contributed by atoms with Gasteiger partial charge in [-0.15, -0.1) is 11.3 Å². The van der Waals surface area contributed by atoms with Crippen LogP contribution < -0.4 is 14.8 Å². The maximum Gasteiger partial charge on any atom is 0.123 e. The van der Waals surface area contributed by atoms with Gasteiger partial charge in [0.2, 0.25) is 0 Å². The fraction of sp³-hybridized carbons (Fsp3) is 0.438. The van der Waals surface area contributed by atoms with Gasteiger partial charge in [-0.2, -0.15) is 0 Å². The third-order valence-corrected chi connectivity index (χ3v) is 4.70. The second-order valence-corrected chi connectivity index (χ2v) is 5.95. The fourth-order valence-electron chi connectivity index (χ4n) is 2.06. The van der Waals surface area contributed by atoms with Gasteiger partial charge in [0.15, 0.2) is 0 Å². The molecule has 0 aliphatic rings. The third-order valence-electron chi connectivity index (χ3n) is 3.38. The molecule has 0 radical (unpaired) electrons. The van der Waals surface area contributed by atoms with Crippen molar-refractivity contribution < 1.29 is 9.47 Å². The van der Waals surface area contributed by atoms with Crippen LogP contribution in [-0.4, -0.2) is 19.2 Å². The third kappa shape index (κ3) is 3.95. The first-order valence-electron chi connectivity index (χ1n) is 7.06. The standard InChI is InChI=1S/C16H22N2O2S/c1-5-14-10-18-16(21-14)11(2)17-9-12-8-13(19-3)6-7-15(12)20-4/h6-8,10-11,17H,5,9H2,1-4H3. The van der Waals surface area contributed by atoms with E-state index in [1.165, 1.54) is 4.88 Å². The zero-order valence-corrected chi connectivity index (χ0v) is 13.8. The molecule has 2 aromatic rings. The van der Waals surface area contributed by atoms with E-state index in [2.05, 4.69) is 24.1 Å². The van der Waals surface area contributed by atoms with E-state index >= 15 is 0 Å². The molecule has 1 aromatic carbocycles. The average Bonchev–Trinajstić information content (AvgIpc) is 3.01. The van der Waals surface area contributed by atoms with Crippen LogP contribution in [0.2, 0.25) is 0 Å². The molecule has 0 aliphatic carbocycles. The molecule has 0 spiro atoms. The summed E-state index contributed by atoms with van der Waals surface area (Å²) in [5.41, 5.74) is 1.08. The van der Waals surface area contributed by atoms with Crippen LogP contribution in [0.15, 0.2) is 24.4 Å². The van der Waals surface area contributed by atoms with E-state index in [4.69, 9.17) is 9.47 Å². The van der Waals surface area contributed by atoms with Gasteiger partial charge < -0.3 is 14.8 Å². The lowest BCUT2D eigenvalue weighted by Gasteiger charge is -2.14. The van der Waals surface area contributed by atoms with Gasteiger partial charge >= 0.3 is 0 Å². The van der Waals surface area contributed by atoms with Crippen molar-refractivity contribution in [3.8, 4) is 11.5 Å². The summed E-state index contributed by atoms with van der Waals surface area (Å²) in [5.74, 6) is 1.70. The second-order valence-electron chi connectivity index (χ2n) is 4.80. The minimum Gasteiger partial charge on any atom is -0.497 e. The first kappa shape index (κ1) is 15.8. The van der Waals surface area contributed by atoms with Crippen molar-refractivity contribution in [1.82, 2.24) is 10.3 Å². The number of nitrogens with one attached hydrogen (secondary N) is 1. The lowest BCUT2D eigenvalue weighted by Crippen LogP contribution is -2.18. The quantitative estimate of drug-likeness (QED) is 0.849. The molecular formula is C16H22N2O2S. The number of aryl methyl sites for hydroxylation is 1. The number of aromatic nitrogens is 1. The largest absolute Gasteiger partial charge is 0.497 e. The Bertz CT molecular complexity index is 583. The van der Waals surface area contributed by atoms with Crippen molar-refractivity contribution in [3.63, 3.8) is 0 Å².